The van der Waals surface area contributed by atoms with Gasteiger partial charge in [-0.3, -0.25) is 4.79 Å². The molecule has 0 aliphatic rings. The first-order chi connectivity index (χ1) is 7.84. The fourth-order valence-corrected chi connectivity index (χ4v) is 1.76. The molecule has 0 aliphatic heterocycles. The lowest BCUT2D eigenvalue weighted by atomic mass is 9.78. The Balaban J connectivity index is 2.79. The van der Waals surface area contributed by atoms with Crippen molar-refractivity contribution in [3.63, 3.8) is 0 Å². The van der Waals surface area contributed by atoms with E-state index in [2.05, 4.69) is 13.8 Å². The molecule has 1 nitrogen and oxygen atoms in total. The van der Waals surface area contributed by atoms with Crippen molar-refractivity contribution in [1.82, 2.24) is 0 Å². The molecule has 0 heterocycles. The smallest absolute Gasteiger partial charge is 0.142 e. The second-order valence-electron chi connectivity index (χ2n) is 5.49. The zero-order valence-corrected chi connectivity index (χ0v) is 11.1. The van der Waals surface area contributed by atoms with Gasteiger partial charge in [-0.25, -0.2) is 4.39 Å². The summed E-state index contributed by atoms with van der Waals surface area (Å²) >= 11 is 0. The molecular weight excluding hydrogens is 215 g/mol. The van der Waals surface area contributed by atoms with E-state index in [0.29, 0.717) is 12.3 Å². The first kappa shape index (κ1) is 13.9. The van der Waals surface area contributed by atoms with Crippen LogP contribution >= 0.6 is 0 Å². The molecule has 0 spiro atoms. The van der Waals surface area contributed by atoms with Gasteiger partial charge in [0.05, 0.1) is 0 Å². The fraction of sp³-hybridized carbons (Fsp3) is 0.533. The Morgan fingerprint density at radius 2 is 1.76 bits per heavy atom. The SMILES string of the molecule is CC(C)CCC(=O)C(C)(C)c1ccc(F)cc1. The number of halogens is 1. The van der Waals surface area contributed by atoms with Gasteiger partial charge in [0.1, 0.15) is 11.6 Å². The fourth-order valence-electron chi connectivity index (χ4n) is 1.76. The maximum absolute atomic E-state index is 12.8. The average molecular weight is 236 g/mol. The van der Waals surface area contributed by atoms with Crippen LogP contribution in [-0.4, -0.2) is 5.78 Å². The highest BCUT2D eigenvalue weighted by atomic mass is 19.1. The summed E-state index contributed by atoms with van der Waals surface area (Å²) in [5.74, 6) is 0.486. The summed E-state index contributed by atoms with van der Waals surface area (Å²) in [6, 6.07) is 6.21. The van der Waals surface area contributed by atoms with E-state index in [4.69, 9.17) is 0 Å². The molecule has 0 aromatic heterocycles. The predicted octanol–water partition coefficient (Wildman–Crippen LogP) is 4.11. The second-order valence-corrected chi connectivity index (χ2v) is 5.49. The number of ketones is 1. The van der Waals surface area contributed by atoms with Crippen molar-refractivity contribution in [1.29, 1.82) is 0 Å². The maximum Gasteiger partial charge on any atom is 0.142 e. The van der Waals surface area contributed by atoms with Crippen LogP contribution in [0.15, 0.2) is 24.3 Å². The zero-order valence-electron chi connectivity index (χ0n) is 11.1. The highest BCUT2D eigenvalue weighted by Crippen LogP contribution is 2.27. The van der Waals surface area contributed by atoms with Gasteiger partial charge in [-0.05, 0) is 43.9 Å². The second kappa shape index (κ2) is 5.44. The summed E-state index contributed by atoms with van der Waals surface area (Å²) in [5.41, 5.74) is 0.357. The van der Waals surface area contributed by atoms with Crippen LogP contribution in [0.2, 0.25) is 0 Å². The summed E-state index contributed by atoms with van der Waals surface area (Å²) in [5, 5.41) is 0. The van der Waals surface area contributed by atoms with Gasteiger partial charge < -0.3 is 0 Å². The Kier molecular flexibility index (Phi) is 4.44. The van der Waals surface area contributed by atoms with Crippen LogP contribution in [0.3, 0.4) is 0 Å². The van der Waals surface area contributed by atoms with Crippen molar-refractivity contribution in [3.05, 3.63) is 35.6 Å². The molecule has 0 fully saturated rings. The minimum Gasteiger partial charge on any atom is -0.299 e. The Bertz CT molecular complexity index is 376. The number of carbonyl (C=O) groups is 1. The monoisotopic (exact) mass is 236 g/mol. The number of hydrogen-bond acceptors (Lipinski definition) is 1. The van der Waals surface area contributed by atoms with Gasteiger partial charge in [0.15, 0.2) is 0 Å². The molecule has 0 unspecified atom stereocenters. The van der Waals surface area contributed by atoms with Crippen LogP contribution < -0.4 is 0 Å². The lowest BCUT2D eigenvalue weighted by molar-refractivity contribution is -0.123. The van der Waals surface area contributed by atoms with E-state index in [1.54, 1.807) is 12.1 Å². The van der Waals surface area contributed by atoms with Crippen molar-refractivity contribution in [3.8, 4) is 0 Å². The molecule has 1 aromatic carbocycles. The van der Waals surface area contributed by atoms with Crippen molar-refractivity contribution < 1.29 is 9.18 Å². The Hall–Kier alpha value is -1.18. The molecule has 0 radical (unpaired) electrons. The number of rotatable bonds is 5. The van der Waals surface area contributed by atoms with Crippen LogP contribution in [0.25, 0.3) is 0 Å². The van der Waals surface area contributed by atoms with Gasteiger partial charge in [0.25, 0.3) is 0 Å². The summed E-state index contributed by atoms with van der Waals surface area (Å²) in [6.07, 6.45) is 1.49. The minimum atomic E-state index is -0.525. The molecule has 0 saturated carbocycles. The molecule has 1 rings (SSSR count). The van der Waals surface area contributed by atoms with Crippen LogP contribution in [0.5, 0.6) is 0 Å². The maximum atomic E-state index is 12.8. The van der Waals surface area contributed by atoms with Crippen molar-refractivity contribution in [2.24, 2.45) is 5.92 Å². The van der Waals surface area contributed by atoms with Crippen LogP contribution in [0.1, 0.15) is 46.1 Å². The molecule has 0 amide bonds. The van der Waals surface area contributed by atoms with Gasteiger partial charge in [-0.1, -0.05) is 26.0 Å². The lowest BCUT2D eigenvalue weighted by Gasteiger charge is -2.24. The van der Waals surface area contributed by atoms with E-state index in [-0.39, 0.29) is 11.6 Å². The third-order valence-electron chi connectivity index (χ3n) is 3.21. The summed E-state index contributed by atoms with van der Waals surface area (Å²) in [4.78, 5) is 12.2. The largest absolute Gasteiger partial charge is 0.299 e. The summed E-state index contributed by atoms with van der Waals surface area (Å²) < 4.78 is 12.8. The first-order valence-electron chi connectivity index (χ1n) is 6.13. The number of carbonyl (C=O) groups excluding carboxylic acids is 1. The van der Waals surface area contributed by atoms with E-state index in [0.717, 1.165) is 12.0 Å². The van der Waals surface area contributed by atoms with Crippen LogP contribution in [-0.2, 0) is 10.2 Å². The van der Waals surface area contributed by atoms with E-state index in [1.807, 2.05) is 13.8 Å². The summed E-state index contributed by atoms with van der Waals surface area (Å²) in [7, 11) is 0. The Morgan fingerprint density at radius 3 is 2.24 bits per heavy atom. The van der Waals surface area contributed by atoms with Crippen LogP contribution in [0, 0.1) is 11.7 Å². The van der Waals surface area contributed by atoms with Crippen molar-refractivity contribution in [2.75, 3.05) is 0 Å². The normalized spacial score (nSPS) is 11.9. The standard InChI is InChI=1S/C15H21FO/c1-11(2)5-10-14(17)15(3,4)12-6-8-13(16)9-7-12/h6-9,11H,5,10H2,1-4H3. The minimum absolute atomic E-state index is 0.220. The van der Waals surface area contributed by atoms with Crippen LogP contribution in [0.4, 0.5) is 4.39 Å². The van der Waals surface area contributed by atoms with Gasteiger partial charge in [-0.15, -0.1) is 0 Å². The molecule has 0 aliphatic carbocycles. The molecule has 17 heavy (non-hydrogen) atoms. The highest BCUT2D eigenvalue weighted by molar-refractivity contribution is 5.89. The molecule has 0 N–H and O–H groups in total. The Morgan fingerprint density at radius 1 is 1.24 bits per heavy atom. The summed E-state index contributed by atoms with van der Waals surface area (Å²) in [6.45, 7) is 8.03. The first-order valence-corrected chi connectivity index (χ1v) is 6.13. The third-order valence-corrected chi connectivity index (χ3v) is 3.21. The predicted molar refractivity (Wildman–Crippen MR) is 68.5 cm³/mol. The lowest BCUT2D eigenvalue weighted by Crippen LogP contribution is -2.29. The molecule has 94 valence electrons. The van der Waals surface area contributed by atoms with E-state index in [9.17, 15) is 9.18 Å². The molecule has 0 atom stereocenters. The van der Waals surface area contributed by atoms with Gasteiger partial charge in [-0.2, -0.15) is 0 Å². The zero-order chi connectivity index (χ0) is 13.1. The van der Waals surface area contributed by atoms with Crippen molar-refractivity contribution >= 4 is 5.78 Å². The van der Waals surface area contributed by atoms with E-state index < -0.39 is 5.41 Å². The Labute approximate surface area is 103 Å². The molecule has 2 heteroatoms. The topological polar surface area (TPSA) is 17.1 Å². The molecule has 0 bridgehead atoms. The molecule has 0 saturated heterocycles. The van der Waals surface area contributed by atoms with Gasteiger partial charge >= 0.3 is 0 Å². The number of benzene rings is 1. The molecule has 1 aromatic rings. The van der Waals surface area contributed by atoms with E-state index in [1.165, 1.54) is 12.1 Å². The molecular formula is C15H21FO. The highest BCUT2D eigenvalue weighted by Gasteiger charge is 2.28. The third kappa shape index (κ3) is 3.65. The van der Waals surface area contributed by atoms with Gasteiger partial charge in [0.2, 0.25) is 0 Å². The van der Waals surface area contributed by atoms with Gasteiger partial charge in [0, 0.05) is 11.8 Å². The average Bonchev–Trinajstić information content (AvgIpc) is 2.26. The number of Topliss-reactive ketones (excluding diaryl/α,β-unsaturated/α-hetero) is 1. The quantitative estimate of drug-likeness (QED) is 0.752. The number of hydrogen-bond donors (Lipinski definition) is 0. The van der Waals surface area contributed by atoms with Crippen molar-refractivity contribution in [2.45, 2.75) is 46.0 Å². The van der Waals surface area contributed by atoms with E-state index >= 15 is 0 Å².